The average molecular weight is 322 g/mol. The van der Waals surface area contributed by atoms with Gasteiger partial charge in [0.15, 0.2) is 12.7 Å². The molecule has 0 saturated carbocycles. The number of rotatable bonds is 4. The number of hydrogen-bond donors (Lipinski definition) is 1. The van der Waals surface area contributed by atoms with E-state index in [9.17, 15) is 8.42 Å². The highest BCUT2D eigenvalue weighted by atomic mass is 32.2. The topological polar surface area (TPSA) is 84.0 Å². The largest absolute Gasteiger partial charge is 0.285 e. The highest BCUT2D eigenvalue weighted by Gasteiger charge is 2.12. The summed E-state index contributed by atoms with van der Waals surface area (Å²) >= 11 is 1.58. The zero-order valence-electron chi connectivity index (χ0n) is 10.9. The van der Waals surface area contributed by atoms with E-state index in [0.29, 0.717) is 0 Å². The fourth-order valence-electron chi connectivity index (χ4n) is 1.85. The molecule has 0 aliphatic carbocycles. The summed E-state index contributed by atoms with van der Waals surface area (Å²) in [6.07, 6.45) is 3.31. The molecular formula is C13H12N3O3S2+. The van der Waals surface area contributed by atoms with E-state index in [1.54, 1.807) is 23.7 Å². The van der Waals surface area contributed by atoms with Gasteiger partial charge in [0.25, 0.3) is 10.1 Å². The molecule has 108 valence electrons. The Morgan fingerprint density at radius 3 is 2.71 bits per heavy atom. The fraction of sp³-hybridized carbons (Fsp3) is 0.154. The van der Waals surface area contributed by atoms with Crippen molar-refractivity contribution in [1.82, 2.24) is 10.1 Å². The van der Waals surface area contributed by atoms with Crippen molar-refractivity contribution in [3.63, 3.8) is 0 Å². The third-order valence-corrected chi connectivity index (χ3v) is 4.67. The molecule has 0 aliphatic heterocycles. The van der Waals surface area contributed by atoms with Gasteiger partial charge in [-0.25, -0.2) is 4.98 Å². The lowest BCUT2D eigenvalue weighted by Crippen LogP contribution is -2.40. The molecule has 21 heavy (non-hydrogen) atoms. The average Bonchev–Trinajstić information content (AvgIpc) is 2.89. The van der Waals surface area contributed by atoms with Gasteiger partial charge in [0.1, 0.15) is 17.0 Å². The molecule has 2 heterocycles. The van der Waals surface area contributed by atoms with Gasteiger partial charge in [0, 0.05) is 11.6 Å². The van der Waals surface area contributed by atoms with E-state index in [4.69, 9.17) is 4.55 Å². The SMILES string of the molecule is O=S(=O)(O)CC[n+]1ccc(-c2nc3ccccc3s2)cn1. The van der Waals surface area contributed by atoms with Gasteiger partial charge in [-0.1, -0.05) is 16.8 Å². The van der Waals surface area contributed by atoms with Crippen LogP contribution in [0.1, 0.15) is 0 Å². The maximum Gasteiger partial charge on any atom is 0.271 e. The van der Waals surface area contributed by atoms with Crippen LogP contribution in [0.2, 0.25) is 0 Å². The number of benzene rings is 1. The number of para-hydroxylation sites is 1. The minimum atomic E-state index is -3.97. The fourth-order valence-corrected chi connectivity index (χ4v) is 3.22. The van der Waals surface area contributed by atoms with Crippen molar-refractivity contribution in [2.24, 2.45) is 0 Å². The van der Waals surface area contributed by atoms with Crippen LogP contribution >= 0.6 is 11.3 Å². The summed E-state index contributed by atoms with van der Waals surface area (Å²) in [5.74, 6) is -0.356. The van der Waals surface area contributed by atoms with Gasteiger partial charge in [-0.15, -0.1) is 11.3 Å². The Kier molecular flexibility index (Phi) is 3.66. The van der Waals surface area contributed by atoms with Crippen LogP contribution in [0.4, 0.5) is 0 Å². The van der Waals surface area contributed by atoms with E-state index in [-0.39, 0.29) is 12.3 Å². The number of fused-ring (bicyclic) bond motifs is 1. The first-order valence-electron chi connectivity index (χ1n) is 6.18. The first-order chi connectivity index (χ1) is 10.0. The third-order valence-electron chi connectivity index (χ3n) is 2.89. The van der Waals surface area contributed by atoms with Crippen LogP contribution in [-0.2, 0) is 16.7 Å². The van der Waals surface area contributed by atoms with E-state index in [1.165, 1.54) is 4.68 Å². The zero-order valence-corrected chi connectivity index (χ0v) is 12.5. The molecule has 0 spiro atoms. The molecule has 1 aromatic carbocycles. The number of thiazole rings is 1. The maximum atomic E-state index is 10.7. The van der Waals surface area contributed by atoms with Gasteiger partial charge < -0.3 is 0 Å². The van der Waals surface area contributed by atoms with Crippen molar-refractivity contribution in [2.75, 3.05) is 5.75 Å². The van der Waals surface area contributed by atoms with Gasteiger partial charge in [-0.2, -0.15) is 8.42 Å². The molecule has 0 aliphatic rings. The van der Waals surface area contributed by atoms with Gasteiger partial charge in [-0.3, -0.25) is 4.55 Å². The predicted molar refractivity (Wildman–Crippen MR) is 79.5 cm³/mol. The normalized spacial score (nSPS) is 11.9. The van der Waals surface area contributed by atoms with Gasteiger partial charge in [-0.05, 0) is 17.2 Å². The molecule has 2 aromatic heterocycles. The molecule has 3 aromatic rings. The van der Waals surface area contributed by atoms with Crippen LogP contribution in [-0.4, -0.2) is 28.8 Å². The summed E-state index contributed by atoms with van der Waals surface area (Å²) in [5, 5.41) is 5.00. The Hall–Kier alpha value is -1.90. The Balaban J connectivity index is 1.83. The molecular weight excluding hydrogens is 310 g/mol. The second kappa shape index (κ2) is 5.47. The summed E-state index contributed by atoms with van der Waals surface area (Å²) < 4.78 is 32.7. The number of aryl methyl sites for hydroxylation is 1. The summed E-state index contributed by atoms with van der Waals surface area (Å²) in [6, 6.07) is 9.71. The Morgan fingerprint density at radius 2 is 2.05 bits per heavy atom. The van der Waals surface area contributed by atoms with Crippen molar-refractivity contribution >= 4 is 31.7 Å². The Morgan fingerprint density at radius 1 is 1.24 bits per heavy atom. The summed E-state index contributed by atoms with van der Waals surface area (Å²) in [4.78, 5) is 4.53. The second-order valence-corrected chi connectivity index (χ2v) is 7.05. The van der Waals surface area contributed by atoms with Crippen LogP contribution in [0.25, 0.3) is 20.8 Å². The second-order valence-electron chi connectivity index (χ2n) is 4.45. The number of hydrogen-bond acceptors (Lipinski definition) is 5. The standard InChI is InChI=1S/C13H11N3O3S2/c17-21(18,19)8-7-16-6-5-10(9-14-16)13-15-11-3-1-2-4-12(11)20-13/h1-6,9H,7-8H2/p+1. The molecule has 6 nitrogen and oxygen atoms in total. The molecule has 0 saturated heterocycles. The lowest BCUT2D eigenvalue weighted by molar-refractivity contribution is -0.750. The van der Waals surface area contributed by atoms with Crippen molar-refractivity contribution in [1.29, 1.82) is 0 Å². The molecule has 0 unspecified atom stereocenters. The van der Waals surface area contributed by atoms with Crippen molar-refractivity contribution in [3.05, 3.63) is 42.7 Å². The smallest absolute Gasteiger partial charge is 0.271 e. The molecule has 1 N–H and O–H groups in total. The van der Waals surface area contributed by atoms with Crippen molar-refractivity contribution < 1.29 is 17.7 Å². The van der Waals surface area contributed by atoms with Gasteiger partial charge in [0.2, 0.25) is 0 Å². The van der Waals surface area contributed by atoms with Crippen LogP contribution in [0.3, 0.4) is 0 Å². The first kappa shape index (κ1) is 14.1. The number of aromatic nitrogens is 3. The molecule has 3 rings (SSSR count). The molecule has 0 amide bonds. The summed E-state index contributed by atoms with van der Waals surface area (Å²) in [7, 11) is -3.97. The first-order valence-corrected chi connectivity index (χ1v) is 8.61. The van der Waals surface area contributed by atoms with Crippen LogP contribution in [0, 0.1) is 0 Å². The third kappa shape index (κ3) is 3.41. The van der Waals surface area contributed by atoms with Crippen LogP contribution in [0.5, 0.6) is 0 Å². The molecule has 0 fully saturated rings. The van der Waals surface area contributed by atoms with E-state index in [0.717, 1.165) is 20.8 Å². The lowest BCUT2D eigenvalue weighted by Gasteiger charge is -1.95. The summed E-state index contributed by atoms with van der Waals surface area (Å²) in [5.41, 5.74) is 1.82. The van der Waals surface area contributed by atoms with E-state index in [2.05, 4.69) is 10.1 Å². The summed E-state index contributed by atoms with van der Waals surface area (Å²) in [6.45, 7) is 0.110. The van der Waals surface area contributed by atoms with Crippen LogP contribution < -0.4 is 4.68 Å². The van der Waals surface area contributed by atoms with Crippen LogP contribution in [0.15, 0.2) is 42.7 Å². The van der Waals surface area contributed by atoms with E-state index < -0.39 is 10.1 Å². The molecule has 0 atom stereocenters. The van der Waals surface area contributed by atoms with Gasteiger partial charge >= 0.3 is 0 Å². The number of nitrogens with zero attached hydrogens (tertiary/aromatic N) is 3. The van der Waals surface area contributed by atoms with E-state index in [1.807, 2.05) is 30.3 Å². The molecule has 0 radical (unpaired) electrons. The Bertz CT molecular complexity index is 840. The predicted octanol–water partition coefficient (Wildman–Crippen LogP) is 1.53. The van der Waals surface area contributed by atoms with Gasteiger partial charge in [0.05, 0.1) is 10.2 Å². The Labute approximate surface area is 125 Å². The molecule has 8 heteroatoms. The lowest BCUT2D eigenvalue weighted by atomic mass is 10.3. The maximum absolute atomic E-state index is 10.7. The zero-order chi connectivity index (χ0) is 14.9. The minimum absolute atomic E-state index is 0.110. The minimum Gasteiger partial charge on any atom is -0.285 e. The van der Waals surface area contributed by atoms with Crippen molar-refractivity contribution in [2.45, 2.75) is 6.54 Å². The highest BCUT2D eigenvalue weighted by Crippen LogP contribution is 2.28. The monoisotopic (exact) mass is 322 g/mol. The van der Waals surface area contributed by atoms with Crippen molar-refractivity contribution in [3.8, 4) is 10.6 Å². The quantitative estimate of drug-likeness (QED) is 0.582. The molecule has 0 bridgehead atoms. The van der Waals surface area contributed by atoms with E-state index >= 15 is 0 Å². The highest BCUT2D eigenvalue weighted by molar-refractivity contribution is 7.85.